The zero-order valence-electron chi connectivity index (χ0n) is 10.2. The second kappa shape index (κ2) is 5.71. The van der Waals surface area contributed by atoms with Gasteiger partial charge in [0.15, 0.2) is 0 Å². The molecular weight excluding hydrogens is 244 g/mol. The van der Waals surface area contributed by atoms with Crippen LogP contribution in [0.25, 0.3) is 0 Å². The first kappa shape index (κ1) is 14.3. The van der Waals surface area contributed by atoms with Crippen LogP contribution in [0.3, 0.4) is 0 Å². The lowest BCUT2D eigenvalue weighted by atomic mass is 9.88. The Hall–Kier alpha value is 0.220. The van der Waals surface area contributed by atoms with Crippen LogP contribution in [-0.2, 0) is 10.0 Å². The van der Waals surface area contributed by atoms with Gasteiger partial charge in [-0.05, 0) is 17.6 Å². The first-order valence-corrected chi connectivity index (χ1v) is 8.59. The van der Waals surface area contributed by atoms with E-state index in [9.17, 15) is 8.42 Å². The molecule has 4 nitrogen and oxygen atoms in total. The molecule has 0 aromatic rings. The normalized spacial score (nSPS) is 25.6. The molecule has 1 aliphatic heterocycles. The first-order chi connectivity index (χ1) is 7.29. The van der Waals surface area contributed by atoms with Crippen molar-refractivity contribution in [2.75, 3.05) is 30.9 Å². The summed E-state index contributed by atoms with van der Waals surface area (Å²) < 4.78 is 24.2. The van der Waals surface area contributed by atoms with E-state index in [1.807, 2.05) is 11.8 Å². The third-order valence-electron chi connectivity index (χ3n) is 2.53. The number of rotatable bonds is 5. The van der Waals surface area contributed by atoms with E-state index in [4.69, 9.17) is 0 Å². The van der Waals surface area contributed by atoms with Crippen molar-refractivity contribution >= 4 is 21.8 Å². The zero-order valence-corrected chi connectivity index (χ0v) is 11.9. The highest BCUT2D eigenvalue weighted by molar-refractivity contribution is 7.99. The maximum absolute atomic E-state index is 10.8. The molecular formula is C10H22N2O2S2. The van der Waals surface area contributed by atoms with E-state index in [1.165, 1.54) is 18.4 Å². The summed E-state index contributed by atoms with van der Waals surface area (Å²) >= 11 is 1.97. The Morgan fingerprint density at radius 3 is 2.62 bits per heavy atom. The Balaban J connectivity index is 2.18. The van der Waals surface area contributed by atoms with Crippen molar-refractivity contribution in [2.45, 2.75) is 26.3 Å². The molecule has 6 heteroatoms. The Bertz CT molecular complexity index is 315. The van der Waals surface area contributed by atoms with Crippen molar-refractivity contribution in [1.82, 2.24) is 10.0 Å². The van der Waals surface area contributed by atoms with Gasteiger partial charge in [-0.2, -0.15) is 11.8 Å². The van der Waals surface area contributed by atoms with Crippen LogP contribution in [0.5, 0.6) is 0 Å². The molecule has 16 heavy (non-hydrogen) atoms. The average molecular weight is 266 g/mol. The quantitative estimate of drug-likeness (QED) is 0.718. The van der Waals surface area contributed by atoms with Gasteiger partial charge in [-0.15, -0.1) is 0 Å². The lowest BCUT2D eigenvalue weighted by Crippen LogP contribution is -2.43. The molecule has 2 N–H and O–H groups in total. The van der Waals surface area contributed by atoms with Gasteiger partial charge in [0, 0.05) is 24.9 Å². The molecule has 0 amide bonds. The van der Waals surface area contributed by atoms with Crippen molar-refractivity contribution < 1.29 is 8.42 Å². The molecule has 0 saturated carbocycles. The van der Waals surface area contributed by atoms with Crippen molar-refractivity contribution in [2.24, 2.45) is 5.41 Å². The molecule has 1 rings (SSSR count). The number of hydrogen-bond donors (Lipinski definition) is 2. The van der Waals surface area contributed by atoms with Gasteiger partial charge in [-0.25, -0.2) is 13.1 Å². The summed E-state index contributed by atoms with van der Waals surface area (Å²) in [6.07, 6.45) is 2.35. The summed E-state index contributed by atoms with van der Waals surface area (Å²) in [6, 6.07) is 0.509. The minimum absolute atomic E-state index is 0.394. The van der Waals surface area contributed by atoms with E-state index < -0.39 is 10.0 Å². The van der Waals surface area contributed by atoms with Gasteiger partial charge in [-0.1, -0.05) is 13.8 Å². The van der Waals surface area contributed by atoms with Gasteiger partial charge in [0.25, 0.3) is 0 Å². The highest BCUT2D eigenvalue weighted by Crippen LogP contribution is 2.33. The second-order valence-corrected chi connectivity index (χ2v) is 8.06. The number of sulfonamides is 1. The van der Waals surface area contributed by atoms with E-state index in [0.29, 0.717) is 24.5 Å². The lowest BCUT2D eigenvalue weighted by Gasteiger charge is -2.35. The molecule has 1 saturated heterocycles. The smallest absolute Gasteiger partial charge is 0.208 e. The minimum atomic E-state index is -3.05. The van der Waals surface area contributed by atoms with Crippen molar-refractivity contribution in [3.8, 4) is 0 Å². The fourth-order valence-electron chi connectivity index (χ4n) is 1.91. The molecule has 0 radical (unpaired) electrons. The summed E-state index contributed by atoms with van der Waals surface area (Å²) in [4.78, 5) is 0. The number of nitrogens with one attached hydrogen (secondary N) is 2. The van der Waals surface area contributed by atoms with Gasteiger partial charge < -0.3 is 5.32 Å². The third-order valence-corrected chi connectivity index (χ3v) is 4.89. The molecule has 1 heterocycles. The molecule has 0 aromatic carbocycles. The SMILES string of the molecule is CC1(C)CSCC(NCCNS(C)(=O)=O)C1. The number of hydrogen-bond acceptors (Lipinski definition) is 4. The summed E-state index contributed by atoms with van der Waals surface area (Å²) in [5.41, 5.74) is 0.394. The van der Waals surface area contributed by atoms with Crippen LogP contribution in [0, 0.1) is 5.41 Å². The van der Waals surface area contributed by atoms with Crippen LogP contribution in [0.1, 0.15) is 20.3 Å². The Morgan fingerprint density at radius 1 is 1.38 bits per heavy atom. The van der Waals surface area contributed by atoms with Crippen molar-refractivity contribution in [1.29, 1.82) is 0 Å². The summed E-state index contributed by atoms with van der Waals surface area (Å²) in [7, 11) is -3.05. The standard InChI is InChI=1S/C10H22N2O2S2/c1-10(2)6-9(7-15-8-10)11-4-5-12-16(3,13)14/h9,11-12H,4-8H2,1-3H3. The predicted molar refractivity (Wildman–Crippen MR) is 70.4 cm³/mol. The van der Waals surface area contributed by atoms with Gasteiger partial charge in [0.2, 0.25) is 10.0 Å². The molecule has 1 aliphatic rings. The largest absolute Gasteiger partial charge is 0.312 e. The molecule has 1 fully saturated rings. The zero-order chi connectivity index (χ0) is 12.2. The average Bonchev–Trinajstić information content (AvgIpc) is 2.09. The maximum Gasteiger partial charge on any atom is 0.208 e. The number of thioether (sulfide) groups is 1. The summed E-state index contributed by atoms with van der Waals surface area (Å²) in [5.74, 6) is 2.34. The van der Waals surface area contributed by atoms with Crippen LogP contribution in [0.4, 0.5) is 0 Å². The minimum Gasteiger partial charge on any atom is -0.312 e. The van der Waals surface area contributed by atoms with Gasteiger partial charge in [0.05, 0.1) is 6.26 Å². The van der Waals surface area contributed by atoms with Crippen LogP contribution in [0.2, 0.25) is 0 Å². The van der Waals surface area contributed by atoms with Gasteiger partial charge in [-0.3, -0.25) is 0 Å². The molecule has 0 aliphatic carbocycles. The first-order valence-electron chi connectivity index (χ1n) is 5.54. The van der Waals surface area contributed by atoms with Crippen LogP contribution < -0.4 is 10.0 Å². The van der Waals surface area contributed by atoms with E-state index in [-0.39, 0.29) is 0 Å². The Kier molecular flexibility index (Phi) is 5.10. The molecule has 0 bridgehead atoms. The summed E-state index contributed by atoms with van der Waals surface area (Å²) in [5, 5.41) is 3.40. The van der Waals surface area contributed by atoms with Gasteiger partial charge in [0.1, 0.15) is 0 Å². The maximum atomic E-state index is 10.8. The molecule has 0 aromatic heterocycles. The fourth-order valence-corrected chi connectivity index (χ4v) is 3.69. The molecule has 1 atom stereocenters. The van der Waals surface area contributed by atoms with Crippen molar-refractivity contribution in [3.63, 3.8) is 0 Å². The molecule has 0 spiro atoms. The van der Waals surface area contributed by atoms with Crippen LogP contribution in [0.15, 0.2) is 0 Å². The predicted octanol–water partition coefficient (Wildman–Crippen LogP) is 0.657. The van der Waals surface area contributed by atoms with Crippen LogP contribution >= 0.6 is 11.8 Å². The summed E-state index contributed by atoms with van der Waals surface area (Å²) in [6.45, 7) is 5.74. The highest BCUT2D eigenvalue weighted by Gasteiger charge is 2.27. The Morgan fingerprint density at radius 2 is 2.06 bits per heavy atom. The highest BCUT2D eigenvalue weighted by atomic mass is 32.2. The fraction of sp³-hybridized carbons (Fsp3) is 1.00. The van der Waals surface area contributed by atoms with E-state index >= 15 is 0 Å². The topological polar surface area (TPSA) is 58.2 Å². The van der Waals surface area contributed by atoms with E-state index in [1.54, 1.807) is 0 Å². The monoisotopic (exact) mass is 266 g/mol. The van der Waals surface area contributed by atoms with Crippen LogP contribution in [-0.4, -0.2) is 45.3 Å². The Labute approximate surface area is 103 Å². The van der Waals surface area contributed by atoms with Crippen molar-refractivity contribution in [3.05, 3.63) is 0 Å². The second-order valence-electron chi connectivity index (χ2n) is 5.20. The van der Waals surface area contributed by atoms with E-state index in [2.05, 4.69) is 23.9 Å². The molecule has 1 unspecified atom stereocenters. The lowest BCUT2D eigenvalue weighted by molar-refractivity contribution is 0.319. The van der Waals surface area contributed by atoms with Gasteiger partial charge >= 0.3 is 0 Å². The third kappa shape index (κ3) is 6.08. The van der Waals surface area contributed by atoms with E-state index in [0.717, 1.165) is 5.75 Å². The molecule has 96 valence electrons.